The monoisotopic (exact) mass is 392 g/mol. The minimum atomic E-state index is -2.19. The van der Waals surface area contributed by atoms with Crippen LogP contribution in [0.25, 0.3) is 0 Å². The van der Waals surface area contributed by atoms with Gasteiger partial charge in [0, 0.05) is 5.56 Å². The summed E-state index contributed by atoms with van der Waals surface area (Å²) in [6.45, 7) is 14.3. The highest BCUT2D eigenvalue weighted by Crippen LogP contribution is 2.54. The predicted molar refractivity (Wildman–Crippen MR) is 110 cm³/mol. The largest absolute Gasteiger partial charge is 0.456 e. The standard InChI is InChI=1S/C22H36O4Si/c1-15(2)27(16(3)4,17(5)6)26-21-18-11-7-8-12-19(18)25-22(21)20(23)13-9-10-14-24-22/h7-8,11-12,15-17,20-21,23H,9-10,13-14H2,1-6H3/t20-,21-,22+/m1/s1. The summed E-state index contributed by atoms with van der Waals surface area (Å²) in [5.41, 5.74) is 2.36. The maximum absolute atomic E-state index is 11.1. The number of hydrogen-bond acceptors (Lipinski definition) is 4. The van der Waals surface area contributed by atoms with E-state index >= 15 is 0 Å². The molecule has 1 aromatic carbocycles. The van der Waals surface area contributed by atoms with Crippen LogP contribution >= 0.6 is 0 Å². The van der Waals surface area contributed by atoms with Crippen molar-refractivity contribution < 1.29 is 19.0 Å². The van der Waals surface area contributed by atoms with Crippen molar-refractivity contribution in [1.29, 1.82) is 0 Å². The van der Waals surface area contributed by atoms with Gasteiger partial charge in [-0.15, -0.1) is 0 Å². The summed E-state index contributed by atoms with van der Waals surface area (Å²) in [6.07, 6.45) is 1.47. The van der Waals surface area contributed by atoms with E-state index in [1.165, 1.54) is 0 Å². The minimum Gasteiger partial charge on any atom is -0.456 e. The van der Waals surface area contributed by atoms with Crippen molar-refractivity contribution in [2.24, 2.45) is 0 Å². The third kappa shape index (κ3) is 3.37. The van der Waals surface area contributed by atoms with Gasteiger partial charge in [0.25, 0.3) is 5.79 Å². The summed E-state index contributed by atoms with van der Waals surface area (Å²) < 4.78 is 19.8. The van der Waals surface area contributed by atoms with Crippen LogP contribution in [0.1, 0.15) is 72.5 Å². The van der Waals surface area contributed by atoms with Crippen molar-refractivity contribution >= 4 is 8.32 Å². The van der Waals surface area contributed by atoms with E-state index in [1.807, 2.05) is 18.2 Å². The van der Waals surface area contributed by atoms with Gasteiger partial charge in [0.1, 0.15) is 18.0 Å². The third-order valence-electron chi connectivity index (χ3n) is 6.53. The predicted octanol–water partition coefficient (Wildman–Crippen LogP) is 5.57. The molecule has 2 aliphatic rings. The highest BCUT2D eigenvalue weighted by molar-refractivity contribution is 6.77. The van der Waals surface area contributed by atoms with Crippen molar-refractivity contribution in [2.45, 2.75) is 95.4 Å². The summed E-state index contributed by atoms with van der Waals surface area (Å²) in [5.74, 6) is -0.348. The zero-order valence-electron chi connectivity index (χ0n) is 17.7. The molecule has 152 valence electrons. The van der Waals surface area contributed by atoms with Gasteiger partial charge >= 0.3 is 0 Å². The van der Waals surface area contributed by atoms with Crippen molar-refractivity contribution in [2.75, 3.05) is 6.61 Å². The van der Waals surface area contributed by atoms with Gasteiger partial charge in [-0.05, 0) is 42.0 Å². The number of ether oxygens (including phenoxy) is 2. The summed E-state index contributed by atoms with van der Waals surface area (Å²) in [6, 6.07) is 8.01. The highest BCUT2D eigenvalue weighted by atomic mass is 28.4. The Kier molecular flexibility index (Phi) is 6.07. The Hall–Kier alpha value is -0.883. The SMILES string of the molecule is CC(C)[Si](O[C@@H]1c2ccccc2O[C@]12OCCCC[C@H]2O)(C(C)C)C(C)C. The van der Waals surface area contributed by atoms with E-state index in [0.29, 0.717) is 29.7 Å². The van der Waals surface area contributed by atoms with Gasteiger partial charge in [0.15, 0.2) is 0 Å². The van der Waals surface area contributed by atoms with Gasteiger partial charge in [-0.1, -0.05) is 59.7 Å². The first-order valence-electron chi connectivity index (χ1n) is 10.5. The minimum absolute atomic E-state index is 0.388. The molecule has 2 aliphatic heterocycles. The highest BCUT2D eigenvalue weighted by Gasteiger charge is 2.60. The van der Waals surface area contributed by atoms with E-state index in [2.05, 4.69) is 47.6 Å². The molecule has 2 heterocycles. The molecule has 1 fully saturated rings. The molecule has 0 radical (unpaired) electrons. The van der Waals surface area contributed by atoms with Crippen LogP contribution < -0.4 is 4.74 Å². The molecule has 27 heavy (non-hydrogen) atoms. The number of benzene rings is 1. The van der Waals surface area contributed by atoms with Gasteiger partial charge < -0.3 is 19.0 Å². The number of rotatable bonds is 5. The Morgan fingerprint density at radius 2 is 1.67 bits per heavy atom. The van der Waals surface area contributed by atoms with Crippen LogP contribution in [0.4, 0.5) is 0 Å². The van der Waals surface area contributed by atoms with Crippen LogP contribution in [0.15, 0.2) is 24.3 Å². The molecule has 0 aliphatic carbocycles. The van der Waals surface area contributed by atoms with E-state index in [4.69, 9.17) is 13.9 Å². The smallest absolute Gasteiger partial charge is 0.266 e. The Labute approximate surface area is 165 Å². The van der Waals surface area contributed by atoms with E-state index in [0.717, 1.165) is 24.2 Å². The molecule has 5 heteroatoms. The molecule has 0 amide bonds. The number of hydrogen-bond donors (Lipinski definition) is 1. The first-order valence-corrected chi connectivity index (χ1v) is 12.7. The maximum Gasteiger partial charge on any atom is 0.266 e. The molecule has 1 saturated heterocycles. The molecule has 0 unspecified atom stereocenters. The van der Waals surface area contributed by atoms with E-state index in [9.17, 15) is 5.11 Å². The molecular formula is C22H36O4Si. The van der Waals surface area contributed by atoms with Crippen LogP contribution in [0.5, 0.6) is 5.75 Å². The van der Waals surface area contributed by atoms with Crippen molar-refractivity contribution in [1.82, 2.24) is 0 Å². The Balaban J connectivity index is 2.10. The lowest BCUT2D eigenvalue weighted by molar-refractivity contribution is -0.264. The normalized spacial score (nSPS) is 28.7. The Bertz CT molecular complexity index is 623. The quantitative estimate of drug-likeness (QED) is 0.666. The second kappa shape index (κ2) is 7.86. The zero-order chi connectivity index (χ0) is 19.8. The van der Waals surface area contributed by atoms with Gasteiger partial charge in [0.2, 0.25) is 8.32 Å². The molecule has 3 rings (SSSR count). The van der Waals surface area contributed by atoms with Crippen molar-refractivity contribution in [3.8, 4) is 5.75 Å². The van der Waals surface area contributed by atoms with Crippen LogP contribution in [-0.2, 0) is 9.16 Å². The van der Waals surface area contributed by atoms with Gasteiger partial charge in [-0.25, -0.2) is 0 Å². The van der Waals surface area contributed by atoms with Crippen molar-refractivity contribution in [3.63, 3.8) is 0 Å². The molecular weight excluding hydrogens is 356 g/mol. The molecule has 3 atom stereocenters. The molecule has 1 N–H and O–H groups in total. The Morgan fingerprint density at radius 3 is 2.30 bits per heavy atom. The maximum atomic E-state index is 11.1. The summed E-state index contributed by atoms with van der Waals surface area (Å²) in [7, 11) is -2.19. The van der Waals surface area contributed by atoms with E-state index in [-0.39, 0.29) is 6.10 Å². The lowest BCUT2D eigenvalue weighted by Crippen LogP contribution is -2.57. The second-order valence-corrected chi connectivity index (χ2v) is 14.4. The number of aliphatic hydroxyl groups is 1. The molecule has 1 spiro atoms. The van der Waals surface area contributed by atoms with Gasteiger partial charge in [0.05, 0.1) is 6.61 Å². The fourth-order valence-electron chi connectivity index (χ4n) is 5.31. The second-order valence-electron chi connectivity index (χ2n) is 9.04. The van der Waals surface area contributed by atoms with E-state index in [1.54, 1.807) is 0 Å². The lowest BCUT2D eigenvalue weighted by Gasteiger charge is -2.47. The van der Waals surface area contributed by atoms with Crippen molar-refractivity contribution in [3.05, 3.63) is 29.8 Å². The fourth-order valence-corrected chi connectivity index (χ4v) is 10.8. The first-order chi connectivity index (χ1) is 12.8. The fraction of sp³-hybridized carbons (Fsp3) is 0.727. The van der Waals surface area contributed by atoms with Gasteiger partial charge in [-0.2, -0.15) is 0 Å². The third-order valence-corrected chi connectivity index (χ3v) is 12.6. The average molecular weight is 393 g/mol. The van der Waals surface area contributed by atoms with Crippen LogP contribution in [0, 0.1) is 0 Å². The topological polar surface area (TPSA) is 47.9 Å². The summed E-state index contributed by atoms with van der Waals surface area (Å²) >= 11 is 0. The lowest BCUT2D eigenvalue weighted by atomic mass is 9.97. The van der Waals surface area contributed by atoms with Crippen LogP contribution in [-0.4, -0.2) is 31.9 Å². The molecule has 0 bridgehead atoms. The summed E-state index contributed by atoms with van der Waals surface area (Å²) in [5, 5.41) is 11.1. The molecule has 1 aromatic rings. The Morgan fingerprint density at radius 1 is 1.04 bits per heavy atom. The molecule has 4 nitrogen and oxygen atoms in total. The average Bonchev–Trinajstić information content (AvgIpc) is 2.80. The zero-order valence-corrected chi connectivity index (χ0v) is 18.7. The van der Waals surface area contributed by atoms with Crippen LogP contribution in [0.2, 0.25) is 16.6 Å². The molecule has 0 aromatic heterocycles. The number of fused-ring (bicyclic) bond motifs is 1. The number of para-hydroxylation sites is 1. The summed E-state index contributed by atoms with van der Waals surface area (Å²) in [4.78, 5) is 0. The van der Waals surface area contributed by atoms with Crippen LogP contribution in [0.3, 0.4) is 0 Å². The van der Waals surface area contributed by atoms with Gasteiger partial charge in [-0.3, -0.25) is 0 Å². The first kappa shape index (κ1) is 20.8. The molecule has 0 saturated carbocycles. The van der Waals surface area contributed by atoms with E-state index < -0.39 is 20.2 Å². The number of aliphatic hydroxyl groups excluding tert-OH is 1.